The van der Waals surface area contributed by atoms with Crippen molar-refractivity contribution >= 4 is 23.1 Å². The normalized spacial score (nSPS) is 18.7. The van der Waals surface area contributed by atoms with Crippen LogP contribution in [0.5, 0.6) is 0 Å². The molecular formula is C16H17F2N3O2. The number of fused-ring (bicyclic) bond motifs is 1. The molecular weight excluding hydrogens is 304 g/mol. The number of benzene rings is 1. The number of aromatic nitrogens is 1. The van der Waals surface area contributed by atoms with Crippen LogP contribution in [-0.4, -0.2) is 41.9 Å². The predicted octanol–water partition coefficient (Wildman–Crippen LogP) is 2.81. The lowest BCUT2D eigenvalue weighted by molar-refractivity contribution is -0.148. The van der Waals surface area contributed by atoms with Gasteiger partial charge in [-0.2, -0.15) is 5.10 Å². The number of hydrogen-bond acceptors (Lipinski definition) is 4. The molecule has 3 rings (SSSR count). The number of methoxy groups -OCH3 is 1. The number of piperidine rings is 1. The highest BCUT2D eigenvalue weighted by molar-refractivity contribution is 5.98. The minimum Gasteiger partial charge on any atom is -0.467 e. The van der Waals surface area contributed by atoms with Crippen molar-refractivity contribution in [3.05, 3.63) is 35.5 Å². The summed E-state index contributed by atoms with van der Waals surface area (Å²) in [5.41, 5.74) is 0.512. The number of nitrogens with one attached hydrogen (secondary N) is 1. The highest BCUT2D eigenvalue weighted by Gasteiger charge is 2.28. The molecule has 1 aromatic carbocycles. The second-order valence-corrected chi connectivity index (χ2v) is 5.47. The first-order valence-electron chi connectivity index (χ1n) is 7.45. The summed E-state index contributed by atoms with van der Waals surface area (Å²) >= 11 is 0. The Morgan fingerprint density at radius 1 is 1.48 bits per heavy atom. The molecule has 5 nitrogen and oxygen atoms in total. The second-order valence-electron chi connectivity index (χ2n) is 5.47. The number of ether oxygens (including phenoxy) is 1. The minimum atomic E-state index is -0.963. The predicted molar refractivity (Wildman–Crippen MR) is 82.2 cm³/mol. The average Bonchev–Trinajstić information content (AvgIpc) is 3.02. The Kier molecular flexibility index (Phi) is 4.27. The highest BCUT2D eigenvalue weighted by Crippen LogP contribution is 2.23. The number of carbonyl (C=O) groups is 1. The van der Waals surface area contributed by atoms with Gasteiger partial charge in [0.15, 0.2) is 11.6 Å². The van der Waals surface area contributed by atoms with Gasteiger partial charge in [0, 0.05) is 18.1 Å². The molecule has 7 heteroatoms. The van der Waals surface area contributed by atoms with E-state index in [1.54, 1.807) is 17.3 Å². The maximum atomic E-state index is 14.1. The average molecular weight is 321 g/mol. The van der Waals surface area contributed by atoms with Gasteiger partial charge in [-0.25, -0.2) is 13.6 Å². The van der Waals surface area contributed by atoms with Gasteiger partial charge in [0.2, 0.25) is 0 Å². The van der Waals surface area contributed by atoms with Gasteiger partial charge >= 0.3 is 5.97 Å². The van der Waals surface area contributed by atoms with Crippen LogP contribution in [0, 0.1) is 11.6 Å². The second kappa shape index (κ2) is 6.36. The van der Waals surface area contributed by atoms with Crippen LogP contribution in [0.15, 0.2) is 23.4 Å². The molecule has 1 atom stereocenters. The van der Waals surface area contributed by atoms with E-state index in [0.29, 0.717) is 23.9 Å². The third-order valence-corrected chi connectivity index (χ3v) is 4.06. The number of hydrogen-bond donors (Lipinski definition) is 1. The molecule has 1 aromatic heterocycles. The van der Waals surface area contributed by atoms with Crippen LogP contribution in [0.3, 0.4) is 0 Å². The number of nitrogens with zero attached hydrogens (tertiary/aromatic N) is 2. The molecule has 2 aromatic rings. The van der Waals surface area contributed by atoms with E-state index in [2.05, 4.69) is 10.1 Å². The molecule has 0 saturated carbocycles. The standard InChI is InChI=1S/C16H17F2N3O2/c1-23-16(22)13-4-2-3-7-21(13)20-9-11-14(18)12(17)8-10-5-6-19-15(10)11/h5-6,8-9,13,19H,2-4,7H2,1H3/t13-/m0/s1. The van der Waals surface area contributed by atoms with Gasteiger partial charge in [-0.1, -0.05) is 0 Å². The summed E-state index contributed by atoms with van der Waals surface area (Å²) < 4.78 is 32.5. The van der Waals surface area contributed by atoms with E-state index in [1.165, 1.54) is 13.3 Å². The quantitative estimate of drug-likeness (QED) is 0.698. The lowest BCUT2D eigenvalue weighted by Crippen LogP contribution is -2.42. The molecule has 0 bridgehead atoms. The van der Waals surface area contributed by atoms with Crippen LogP contribution in [0.4, 0.5) is 8.78 Å². The van der Waals surface area contributed by atoms with Gasteiger partial charge < -0.3 is 9.72 Å². The van der Waals surface area contributed by atoms with Gasteiger partial charge in [0.25, 0.3) is 0 Å². The first-order valence-corrected chi connectivity index (χ1v) is 7.45. The summed E-state index contributed by atoms with van der Waals surface area (Å²) in [7, 11) is 1.33. The van der Waals surface area contributed by atoms with Crippen LogP contribution in [-0.2, 0) is 9.53 Å². The Morgan fingerprint density at radius 2 is 2.30 bits per heavy atom. The Balaban J connectivity index is 1.94. The molecule has 1 aliphatic rings. The van der Waals surface area contributed by atoms with Crippen molar-refractivity contribution in [1.29, 1.82) is 0 Å². The molecule has 2 heterocycles. The molecule has 1 N–H and O–H groups in total. The van der Waals surface area contributed by atoms with E-state index in [9.17, 15) is 13.6 Å². The summed E-state index contributed by atoms with van der Waals surface area (Å²) in [6.07, 6.45) is 5.29. The summed E-state index contributed by atoms with van der Waals surface area (Å²) in [6, 6.07) is 2.31. The zero-order chi connectivity index (χ0) is 16.4. The van der Waals surface area contributed by atoms with Crippen molar-refractivity contribution in [1.82, 2.24) is 9.99 Å². The lowest BCUT2D eigenvalue weighted by Gasteiger charge is -2.31. The molecule has 0 unspecified atom stereocenters. The number of esters is 1. The maximum absolute atomic E-state index is 14.1. The van der Waals surface area contributed by atoms with Crippen molar-refractivity contribution in [2.45, 2.75) is 25.3 Å². The Morgan fingerprint density at radius 3 is 3.09 bits per heavy atom. The number of halogens is 2. The molecule has 1 saturated heterocycles. The van der Waals surface area contributed by atoms with Gasteiger partial charge in [-0.15, -0.1) is 0 Å². The van der Waals surface area contributed by atoms with Crippen LogP contribution < -0.4 is 0 Å². The monoisotopic (exact) mass is 321 g/mol. The van der Waals surface area contributed by atoms with Gasteiger partial charge in [0.05, 0.1) is 24.4 Å². The Labute approximate surface area is 131 Å². The lowest BCUT2D eigenvalue weighted by atomic mass is 10.0. The molecule has 122 valence electrons. The number of H-pyrrole nitrogens is 1. The number of aromatic amines is 1. The van der Waals surface area contributed by atoms with Crippen LogP contribution in [0.2, 0.25) is 0 Å². The summed E-state index contributed by atoms with van der Waals surface area (Å²) in [5.74, 6) is -2.26. The van der Waals surface area contributed by atoms with E-state index in [-0.39, 0.29) is 11.5 Å². The first-order chi connectivity index (χ1) is 11.1. The first kappa shape index (κ1) is 15.5. The smallest absolute Gasteiger partial charge is 0.330 e. The Bertz CT molecular complexity index is 757. The zero-order valence-electron chi connectivity index (χ0n) is 12.7. The van der Waals surface area contributed by atoms with E-state index < -0.39 is 17.7 Å². The van der Waals surface area contributed by atoms with Crippen LogP contribution in [0.25, 0.3) is 10.9 Å². The van der Waals surface area contributed by atoms with E-state index >= 15 is 0 Å². The van der Waals surface area contributed by atoms with Gasteiger partial charge in [0.1, 0.15) is 6.04 Å². The molecule has 1 aliphatic heterocycles. The van der Waals surface area contributed by atoms with E-state index in [1.807, 2.05) is 0 Å². The van der Waals surface area contributed by atoms with Crippen molar-refractivity contribution in [3.63, 3.8) is 0 Å². The van der Waals surface area contributed by atoms with Crippen molar-refractivity contribution in [3.8, 4) is 0 Å². The van der Waals surface area contributed by atoms with Gasteiger partial charge in [-0.05, 0) is 31.4 Å². The summed E-state index contributed by atoms with van der Waals surface area (Å²) in [6.45, 7) is 0.571. The SMILES string of the molecule is COC(=O)[C@@H]1CCCCN1N=Cc1c(F)c(F)cc2cc[nH]c12. The third kappa shape index (κ3) is 2.91. The molecule has 0 spiro atoms. The number of rotatable bonds is 3. The molecule has 0 amide bonds. The number of carbonyl (C=O) groups excluding carboxylic acids is 1. The fourth-order valence-corrected chi connectivity index (χ4v) is 2.86. The number of hydrazone groups is 1. The maximum Gasteiger partial charge on any atom is 0.330 e. The fraction of sp³-hybridized carbons (Fsp3) is 0.375. The van der Waals surface area contributed by atoms with E-state index in [4.69, 9.17) is 4.74 Å². The van der Waals surface area contributed by atoms with Crippen molar-refractivity contribution < 1.29 is 18.3 Å². The van der Waals surface area contributed by atoms with Crippen molar-refractivity contribution in [2.75, 3.05) is 13.7 Å². The Hall–Kier alpha value is -2.44. The van der Waals surface area contributed by atoms with Gasteiger partial charge in [-0.3, -0.25) is 5.01 Å². The highest BCUT2D eigenvalue weighted by atomic mass is 19.2. The largest absolute Gasteiger partial charge is 0.467 e. The fourth-order valence-electron chi connectivity index (χ4n) is 2.86. The van der Waals surface area contributed by atoms with Crippen LogP contribution >= 0.6 is 0 Å². The molecule has 23 heavy (non-hydrogen) atoms. The topological polar surface area (TPSA) is 57.7 Å². The summed E-state index contributed by atoms with van der Waals surface area (Å²) in [5, 5.41) is 6.36. The van der Waals surface area contributed by atoms with Crippen LogP contribution in [0.1, 0.15) is 24.8 Å². The molecule has 1 fully saturated rings. The van der Waals surface area contributed by atoms with E-state index in [0.717, 1.165) is 18.9 Å². The minimum absolute atomic E-state index is 0.0409. The molecule has 0 aliphatic carbocycles. The summed E-state index contributed by atoms with van der Waals surface area (Å²) in [4.78, 5) is 14.7. The molecule has 0 radical (unpaired) electrons. The third-order valence-electron chi connectivity index (χ3n) is 4.06. The zero-order valence-corrected chi connectivity index (χ0v) is 12.7. The van der Waals surface area contributed by atoms with Crippen molar-refractivity contribution in [2.24, 2.45) is 5.10 Å².